The standard InChI is InChI=1S/C10H15N3O3/c11-9(15)6-3-4-8(14)13-5-1-2-7(13)10(16)12-6/h6-7H,1-5H2,(H2,11,15)(H,12,16). The van der Waals surface area contributed by atoms with Gasteiger partial charge in [-0.3, -0.25) is 14.4 Å². The Bertz CT molecular complexity index is 342. The van der Waals surface area contributed by atoms with E-state index in [9.17, 15) is 14.4 Å². The van der Waals surface area contributed by atoms with Crippen LogP contribution in [-0.2, 0) is 14.4 Å². The summed E-state index contributed by atoms with van der Waals surface area (Å²) in [4.78, 5) is 36.2. The summed E-state index contributed by atoms with van der Waals surface area (Å²) in [6, 6.07) is -1.12. The number of nitrogens with two attached hydrogens (primary N) is 1. The molecule has 16 heavy (non-hydrogen) atoms. The van der Waals surface area contributed by atoms with Crippen LogP contribution in [0.15, 0.2) is 0 Å². The normalized spacial score (nSPS) is 30.4. The first kappa shape index (κ1) is 10.9. The average molecular weight is 225 g/mol. The van der Waals surface area contributed by atoms with Gasteiger partial charge in [0, 0.05) is 13.0 Å². The van der Waals surface area contributed by atoms with Gasteiger partial charge >= 0.3 is 0 Å². The fourth-order valence-corrected chi connectivity index (χ4v) is 2.30. The molecule has 0 aliphatic carbocycles. The highest BCUT2D eigenvalue weighted by Crippen LogP contribution is 2.21. The van der Waals surface area contributed by atoms with E-state index in [0.717, 1.165) is 6.42 Å². The van der Waals surface area contributed by atoms with Crippen LogP contribution >= 0.6 is 0 Å². The Kier molecular flexibility index (Phi) is 2.80. The lowest BCUT2D eigenvalue weighted by atomic mass is 10.1. The third-order valence-electron chi connectivity index (χ3n) is 3.18. The number of nitrogens with zero attached hydrogens (tertiary/aromatic N) is 1. The molecule has 2 aliphatic rings. The summed E-state index contributed by atoms with van der Waals surface area (Å²) >= 11 is 0. The highest BCUT2D eigenvalue weighted by atomic mass is 16.2. The van der Waals surface area contributed by atoms with Gasteiger partial charge in [0.15, 0.2) is 0 Å². The molecule has 2 rings (SSSR count). The smallest absolute Gasteiger partial charge is 0.243 e. The summed E-state index contributed by atoms with van der Waals surface area (Å²) in [6.07, 6.45) is 2.07. The molecule has 6 nitrogen and oxygen atoms in total. The fourth-order valence-electron chi connectivity index (χ4n) is 2.30. The van der Waals surface area contributed by atoms with Crippen molar-refractivity contribution >= 4 is 17.7 Å². The molecule has 0 aromatic heterocycles. The maximum absolute atomic E-state index is 11.8. The molecular formula is C10H15N3O3. The minimum absolute atomic E-state index is 0.0522. The molecule has 2 atom stereocenters. The van der Waals surface area contributed by atoms with Gasteiger partial charge in [-0.25, -0.2) is 0 Å². The van der Waals surface area contributed by atoms with Crippen LogP contribution in [0.4, 0.5) is 0 Å². The van der Waals surface area contributed by atoms with Gasteiger partial charge in [-0.05, 0) is 19.3 Å². The van der Waals surface area contributed by atoms with E-state index in [-0.39, 0.29) is 18.2 Å². The van der Waals surface area contributed by atoms with E-state index in [1.807, 2.05) is 0 Å². The highest BCUT2D eigenvalue weighted by Gasteiger charge is 2.37. The summed E-state index contributed by atoms with van der Waals surface area (Å²) in [6.45, 7) is 0.637. The van der Waals surface area contributed by atoms with Crippen LogP contribution in [0.2, 0.25) is 0 Å². The molecule has 2 saturated heterocycles. The number of fused-ring (bicyclic) bond motifs is 1. The topological polar surface area (TPSA) is 92.5 Å². The summed E-state index contributed by atoms with van der Waals surface area (Å²) in [5.41, 5.74) is 5.15. The predicted octanol–water partition coefficient (Wildman–Crippen LogP) is -1.26. The molecule has 0 radical (unpaired) electrons. The van der Waals surface area contributed by atoms with Crippen LogP contribution in [-0.4, -0.2) is 41.2 Å². The van der Waals surface area contributed by atoms with Gasteiger partial charge in [0.05, 0.1) is 0 Å². The lowest BCUT2D eigenvalue weighted by Crippen LogP contribution is -2.54. The quantitative estimate of drug-likeness (QED) is 0.583. The van der Waals surface area contributed by atoms with E-state index < -0.39 is 18.0 Å². The molecule has 6 heteroatoms. The van der Waals surface area contributed by atoms with Crippen LogP contribution in [0, 0.1) is 0 Å². The zero-order chi connectivity index (χ0) is 11.7. The van der Waals surface area contributed by atoms with Crippen LogP contribution < -0.4 is 11.1 Å². The Balaban J connectivity index is 2.16. The van der Waals surface area contributed by atoms with Gasteiger partial charge in [0.2, 0.25) is 17.7 Å². The van der Waals surface area contributed by atoms with Crippen molar-refractivity contribution in [3.8, 4) is 0 Å². The lowest BCUT2D eigenvalue weighted by molar-refractivity contribution is -0.141. The Hall–Kier alpha value is -1.59. The van der Waals surface area contributed by atoms with Crippen molar-refractivity contribution in [3.05, 3.63) is 0 Å². The summed E-state index contributed by atoms with van der Waals surface area (Å²) < 4.78 is 0. The third kappa shape index (κ3) is 1.87. The second-order valence-corrected chi connectivity index (χ2v) is 4.25. The van der Waals surface area contributed by atoms with Crippen molar-refractivity contribution in [3.63, 3.8) is 0 Å². The fraction of sp³-hybridized carbons (Fsp3) is 0.700. The van der Waals surface area contributed by atoms with Crippen molar-refractivity contribution < 1.29 is 14.4 Å². The van der Waals surface area contributed by atoms with Gasteiger partial charge in [-0.15, -0.1) is 0 Å². The molecule has 2 unspecified atom stereocenters. The van der Waals surface area contributed by atoms with Crippen molar-refractivity contribution in [1.29, 1.82) is 0 Å². The summed E-state index contributed by atoms with van der Waals surface area (Å²) in [5.74, 6) is -0.884. The first-order valence-electron chi connectivity index (χ1n) is 5.49. The largest absolute Gasteiger partial charge is 0.368 e. The van der Waals surface area contributed by atoms with Crippen molar-refractivity contribution in [1.82, 2.24) is 10.2 Å². The number of amides is 3. The van der Waals surface area contributed by atoms with Gasteiger partial charge in [0.1, 0.15) is 12.1 Å². The van der Waals surface area contributed by atoms with E-state index in [1.165, 1.54) is 0 Å². The first-order valence-corrected chi connectivity index (χ1v) is 5.49. The molecule has 2 aliphatic heterocycles. The molecular weight excluding hydrogens is 210 g/mol. The van der Waals surface area contributed by atoms with Crippen LogP contribution in [0.3, 0.4) is 0 Å². The number of primary amides is 1. The number of hydrogen-bond donors (Lipinski definition) is 2. The van der Waals surface area contributed by atoms with Crippen LogP contribution in [0.5, 0.6) is 0 Å². The second kappa shape index (κ2) is 4.11. The van der Waals surface area contributed by atoms with E-state index in [2.05, 4.69) is 5.32 Å². The first-order chi connectivity index (χ1) is 7.59. The van der Waals surface area contributed by atoms with Gasteiger partial charge in [-0.2, -0.15) is 0 Å². The number of carbonyl (C=O) groups is 3. The molecule has 2 heterocycles. The third-order valence-corrected chi connectivity index (χ3v) is 3.18. The number of hydrogen-bond acceptors (Lipinski definition) is 3. The lowest BCUT2D eigenvalue weighted by Gasteiger charge is -2.29. The molecule has 0 bridgehead atoms. The van der Waals surface area contributed by atoms with Crippen LogP contribution in [0.1, 0.15) is 25.7 Å². The van der Waals surface area contributed by atoms with E-state index in [0.29, 0.717) is 19.4 Å². The SMILES string of the molecule is NC(=O)C1CCC(=O)N2CCCC2C(=O)N1. The Morgan fingerprint density at radius 2 is 2.12 bits per heavy atom. The average Bonchev–Trinajstić information content (AvgIpc) is 2.69. The van der Waals surface area contributed by atoms with Gasteiger partial charge < -0.3 is 16.0 Å². The van der Waals surface area contributed by atoms with Crippen molar-refractivity contribution in [2.24, 2.45) is 5.73 Å². The molecule has 0 saturated carbocycles. The minimum Gasteiger partial charge on any atom is -0.368 e. The zero-order valence-corrected chi connectivity index (χ0v) is 8.94. The number of rotatable bonds is 1. The maximum atomic E-state index is 11.8. The number of carbonyl (C=O) groups excluding carboxylic acids is 3. The molecule has 88 valence electrons. The van der Waals surface area contributed by atoms with E-state index >= 15 is 0 Å². The van der Waals surface area contributed by atoms with Crippen LogP contribution in [0.25, 0.3) is 0 Å². The molecule has 0 aromatic rings. The molecule has 3 amide bonds. The van der Waals surface area contributed by atoms with E-state index in [1.54, 1.807) is 4.90 Å². The Morgan fingerprint density at radius 3 is 2.81 bits per heavy atom. The highest BCUT2D eigenvalue weighted by molar-refractivity contribution is 5.93. The maximum Gasteiger partial charge on any atom is 0.243 e. The summed E-state index contributed by atoms with van der Waals surface area (Å²) in [5, 5.41) is 2.60. The van der Waals surface area contributed by atoms with Crippen molar-refractivity contribution in [2.75, 3.05) is 6.54 Å². The Morgan fingerprint density at radius 1 is 1.38 bits per heavy atom. The summed E-state index contributed by atoms with van der Waals surface area (Å²) in [7, 11) is 0. The van der Waals surface area contributed by atoms with Gasteiger partial charge in [-0.1, -0.05) is 0 Å². The zero-order valence-electron chi connectivity index (χ0n) is 8.94. The molecule has 0 spiro atoms. The van der Waals surface area contributed by atoms with E-state index in [4.69, 9.17) is 5.73 Å². The Labute approximate surface area is 93.1 Å². The minimum atomic E-state index is -0.709. The van der Waals surface area contributed by atoms with Crippen molar-refractivity contribution in [2.45, 2.75) is 37.8 Å². The predicted molar refractivity (Wildman–Crippen MR) is 55.1 cm³/mol. The molecule has 2 fully saturated rings. The van der Waals surface area contributed by atoms with Gasteiger partial charge in [0.25, 0.3) is 0 Å². The monoisotopic (exact) mass is 225 g/mol. The molecule has 0 aromatic carbocycles. The number of nitrogens with one attached hydrogen (secondary N) is 1. The molecule has 3 N–H and O–H groups in total. The second-order valence-electron chi connectivity index (χ2n) is 4.25.